The smallest absolute Gasteiger partial charge is 0.326 e. The lowest BCUT2D eigenvalue weighted by atomic mass is 10.1. The summed E-state index contributed by atoms with van der Waals surface area (Å²) in [6.45, 7) is -0.149. The first kappa shape index (κ1) is 14.9. The molecule has 2 amide bonds. The average Bonchev–Trinajstić information content (AvgIpc) is 2.91. The van der Waals surface area contributed by atoms with Gasteiger partial charge in [-0.05, 0) is 0 Å². The Balaban J connectivity index is 2.04. The maximum Gasteiger partial charge on any atom is 0.326 e. The van der Waals surface area contributed by atoms with Gasteiger partial charge in [0.1, 0.15) is 12.4 Å². The first-order valence-corrected chi connectivity index (χ1v) is 6.31. The molecular weight excluding hydrogens is 278 g/mol. The van der Waals surface area contributed by atoms with E-state index in [-0.39, 0.29) is 25.1 Å². The van der Waals surface area contributed by atoms with Gasteiger partial charge in [-0.25, -0.2) is 14.8 Å². The molecule has 1 aromatic heterocycles. The van der Waals surface area contributed by atoms with Crippen molar-refractivity contribution in [2.75, 3.05) is 13.1 Å². The van der Waals surface area contributed by atoms with Crippen LogP contribution in [0.5, 0.6) is 0 Å². The maximum absolute atomic E-state index is 12.0. The first-order chi connectivity index (χ1) is 10.0. The largest absolute Gasteiger partial charge is 0.480 e. The van der Waals surface area contributed by atoms with Crippen LogP contribution in [0, 0.1) is 0 Å². The molecular formula is C12H15N5O4. The molecule has 9 heteroatoms. The van der Waals surface area contributed by atoms with Crippen molar-refractivity contribution in [1.29, 1.82) is 0 Å². The minimum atomic E-state index is -1.11. The van der Waals surface area contributed by atoms with Crippen molar-refractivity contribution in [2.24, 2.45) is 5.73 Å². The quantitative estimate of drug-likeness (QED) is 0.596. The molecule has 4 N–H and O–H groups in total. The van der Waals surface area contributed by atoms with Crippen LogP contribution in [0.2, 0.25) is 0 Å². The molecule has 21 heavy (non-hydrogen) atoms. The summed E-state index contributed by atoms with van der Waals surface area (Å²) in [7, 11) is 0. The molecule has 112 valence electrons. The second kappa shape index (κ2) is 6.27. The Kier molecular flexibility index (Phi) is 4.43. The van der Waals surface area contributed by atoms with Crippen molar-refractivity contribution in [1.82, 2.24) is 20.2 Å². The number of hydrogen-bond donors (Lipinski definition) is 3. The Morgan fingerprint density at radius 1 is 1.38 bits per heavy atom. The molecule has 2 heterocycles. The summed E-state index contributed by atoms with van der Waals surface area (Å²) >= 11 is 0. The lowest BCUT2D eigenvalue weighted by Gasteiger charge is -2.20. The van der Waals surface area contributed by atoms with Crippen molar-refractivity contribution in [3.8, 4) is 0 Å². The van der Waals surface area contributed by atoms with Gasteiger partial charge in [-0.3, -0.25) is 9.59 Å². The Hall–Kier alpha value is -2.55. The fourth-order valence-electron chi connectivity index (χ4n) is 2.25. The average molecular weight is 293 g/mol. The van der Waals surface area contributed by atoms with Crippen molar-refractivity contribution >= 4 is 17.8 Å². The molecule has 0 radical (unpaired) electrons. The highest BCUT2D eigenvalue weighted by Crippen LogP contribution is 2.18. The van der Waals surface area contributed by atoms with E-state index >= 15 is 0 Å². The van der Waals surface area contributed by atoms with Gasteiger partial charge < -0.3 is 21.1 Å². The van der Waals surface area contributed by atoms with Gasteiger partial charge in [0, 0.05) is 31.4 Å². The number of carbonyl (C=O) groups excluding carboxylic acids is 2. The summed E-state index contributed by atoms with van der Waals surface area (Å²) in [5, 5.41) is 11.8. The highest BCUT2D eigenvalue weighted by Gasteiger charge is 2.39. The van der Waals surface area contributed by atoms with Crippen LogP contribution in [0.3, 0.4) is 0 Å². The number of aromatic nitrogens is 2. The Labute approximate surface area is 120 Å². The molecule has 1 fully saturated rings. The second-order valence-corrected chi connectivity index (χ2v) is 4.64. The van der Waals surface area contributed by atoms with Crippen molar-refractivity contribution in [2.45, 2.75) is 18.5 Å². The zero-order chi connectivity index (χ0) is 15.4. The third-order valence-corrected chi connectivity index (χ3v) is 3.24. The third-order valence-electron chi connectivity index (χ3n) is 3.24. The molecule has 9 nitrogen and oxygen atoms in total. The van der Waals surface area contributed by atoms with Gasteiger partial charge in [0.25, 0.3) is 5.91 Å². The number of carboxylic acids is 1. The number of carboxylic acid groups (broad SMARTS) is 1. The highest BCUT2D eigenvalue weighted by atomic mass is 16.4. The molecule has 1 aliphatic heterocycles. The fourth-order valence-corrected chi connectivity index (χ4v) is 2.25. The molecule has 0 saturated carbocycles. The van der Waals surface area contributed by atoms with E-state index in [1.54, 1.807) is 0 Å². The monoisotopic (exact) mass is 293 g/mol. The van der Waals surface area contributed by atoms with E-state index in [1.165, 1.54) is 23.6 Å². The van der Waals surface area contributed by atoms with Gasteiger partial charge in [-0.1, -0.05) is 0 Å². The number of hydrogen-bond acceptors (Lipinski definition) is 6. The third kappa shape index (κ3) is 3.31. The molecule has 1 aliphatic rings. The number of nitrogens with one attached hydrogen (secondary N) is 1. The topological polar surface area (TPSA) is 139 Å². The van der Waals surface area contributed by atoms with Gasteiger partial charge in [-0.2, -0.15) is 0 Å². The van der Waals surface area contributed by atoms with Crippen molar-refractivity contribution in [3.05, 3.63) is 24.3 Å². The minimum Gasteiger partial charge on any atom is -0.480 e. The van der Waals surface area contributed by atoms with Crippen molar-refractivity contribution < 1.29 is 19.5 Å². The van der Waals surface area contributed by atoms with Crippen LogP contribution < -0.4 is 11.1 Å². The minimum absolute atomic E-state index is 0.117. The van der Waals surface area contributed by atoms with Crippen LogP contribution in [0.1, 0.15) is 16.8 Å². The highest BCUT2D eigenvalue weighted by molar-refractivity contribution is 5.94. The lowest BCUT2D eigenvalue weighted by Crippen LogP contribution is -2.44. The van der Waals surface area contributed by atoms with Crippen LogP contribution in [0.15, 0.2) is 18.7 Å². The number of likely N-dealkylation sites (tertiary alicyclic amines) is 1. The molecule has 0 spiro atoms. The van der Waals surface area contributed by atoms with Crippen LogP contribution in [0.25, 0.3) is 0 Å². The van der Waals surface area contributed by atoms with E-state index in [4.69, 9.17) is 10.8 Å². The number of nitrogens with two attached hydrogens (primary N) is 1. The lowest BCUT2D eigenvalue weighted by molar-refractivity contribution is -0.147. The fraction of sp³-hybridized carbons (Fsp3) is 0.417. The van der Waals surface area contributed by atoms with Gasteiger partial charge in [0.15, 0.2) is 0 Å². The summed E-state index contributed by atoms with van der Waals surface area (Å²) in [5.41, 5.74) is 5.54. The standard InChI is InChI=1S/C12H15N5O4/c13-2-10(18)17-5-8(1-9(17)12(20)21)16-11(19)7-3-14-6-15-4-7/h3-4,6,8-9H,1-2,5,13H2,(H,16,19)(H,20,21). The van der Waals surface area contributed by atoms with Crippen LogP contribution in [-0.2, 0) is 9.59 Å². The summed E-state index contributed by atoms with van der Waals surface area (Å²) < 4.78 is 0. The summed E-state index contributed by atoms with van der Waals surface area (Å²) in [4.78, 5) is 43.4. The van der Waals surface area contributed by atoms with E-state index in [2.05, 4.69) is 15.3 Å². The normalized spacial score (nSPS) is 21.1. The van der Waals surface area contributed by atoms with Crippen LogP contribution in [0.4, 0.5) is 0 Å². The van der Waals surface area contributed by atoms with E-state index in [0.717, 1.165) is 0 Å². The molecule has 2 rings (SSSR count). The number of amides is 2. The van der Waals surface area contributed by atoms with Crippen molar-refractivity contribution in [3.63, 3.8) is 0 Å². The van der Waals surface area contributed by atoms with E-state index in [1.807, 2.05) is 0 Å². The Morgan fingerprint density at radius 3 is 2.62 bits per heavy atom. The SMILES string of the molecule is NCC(=O)N1CC(NC(=O)c2cncnc2)CC1C(=O)O. The first-order valence-electron chi connectivity index (χ1n) is 6.31. The van der Waals surface area contributed by atoms with Gasteiger partial charge in [0.2, 0.25) is 5.91 Å². The molecule has 1 saturated heterocycles. The number of rotatable bonds is 4. The molecule has 1 aromatic rings. The van der Waals surface area contributed by atoms with E-state index in [0.29, 0.717) is 0 Å². The summed E-state index contributed by atoms with van der Waals surface area (Å²) in [6, 6.07) is -1.42. The summed E-state index contributed by atoms with van der Waals surface area (Å²) in [6.07, 6.45) is 4.15. The second-order valence-electron chi connectivity index (χ2n) is 4.64. The predicted octanol–water partition coefficient (Wildman–Crippen LogP) is -1.78. The van der Waals surface area contributed by atoms with E-state index in [9.17, 15) is 14.4 Å². The molecule has 0 aromatic carbocycles. The zero-order valence-electron chi connectivity index (χ0n) is 11.1. The Morgan fingerprint density at radius 2 is 2.05 bits per heavy atom. The zero-order valence-corrected chi connectivity index (χ0v) is 11.1. The molecule has 2 atom stereocenters. The van der Waals surface area contributed by atoms with Crippen LogP contribution >= 0.6 is 0 Å². The number of nitrogens with zero attached hydrogens (tertiary/aromatic N) is 3. The van der Waals surface area contributed by atoms with Gasteiger partial charge in [-0.15, -0.1) is 0 Å². The molecule has 0 aliphatic carbocycles. The number of carbonyl (C=O) groups is 3. The van der Waals surface area contributed by atoms with Crippen LogP contribution in [-0.4, -0.2) is 62.9 Å². The maximum atomic E-state index is 12.0. The van der Waals surface area contributed by atoms with E-state index < -0.39 is 29.9 Å². The van der Waals surface area contributed by atoms with Gasteiger partial charge in [0.05, 0.1) is 12.1 Å². The Bertz CT molecular complexity index is 550. The molecule has 2 unspecified atom stereocenters. The number of aliphatic carboxylic acids is 1. The molecule has 0 bridgehead atoms. The van der Waals surface area contributed by atoms with Gasteiger partial charge >= 0.3 is 5.97 Å². The predicted molar refractivity (Wildman–Crippen MR) is 70.1 cm³/mol. The summed E-state index contributed by atoms with van der Waals surface area (Å²) in [5.74, 6) is -1.98.